The van der Waals surface area contributed by atoms with Crippen molar-refractivity contribution in [2.75, 3.05) is 13.1 Å². The first-order chi connectivity index (χ1) is 10.4. The van der Waals surface area contributed by atoms with Gasteiger partial charge in [-0.1, -0.05) is 6.07 Å². The molecule has 0 spiro atoms. The SMILES string of the molecule is Cc1cncc(S(=O)(=O)N(CCc2cccs2)CC(=O)O)c1. The second-order valence-electron chi connectivity index (χ2n) is 4.76. The van der Waals surface area contributed by atoms with Gasteiger partial charge in [0.05, 0.1) is 0 Å². The van der Waals surface area contributed by atoms with Gasteiger partial charge in [0, 0.05) is 23.8 Å². The summed E-state index contributed by atoms with van der Waals surface area (Å²) in [5, 5.41) is 10.9. The number of aromatic nitrogens is 1. The van der Waals surface area contributed by atoms with Crippen molar-refractivity contribution in [3.8, 4) is 0 Å². The first kappa shape index (κ1) is 16.6. The zero-order valence-electron chi connectivity index (χ0n) is 12.0. The Morgan fingerprint density at radius 3 is 2.77 bits per heavy atom. The number of nitrogens with zero attached hydrogens (tertiary/aromatic N) is 2. The van der Waals surface area contributed by atoms with E-state index in [0.717, 1.165) is 9.18 Å². The fourth-order valence-electron chi connectivity index (χ4n) is 1.94. The Morgan fingerprint density at radius 2 is 2.18 bits per heavy atom. The summed E-state index contributed by atoms with van der Waals surface area (Å²) >= 11 is 1.51. The summed E-state index contributed by atoms with van der Waals surface area (Å²) in [4.78, 5) is 15.9. The summed E-state index contributed by atoms with van der Waals surface area (Å²) in [5.41, 5.74) is 0.703. The molecule has 0 radical (unpaired) electrons. The molecule has 0 aliphatic rings. The average Bonchev–Trinajstić information content (AvgIpc) is 2.96. The number of aryl methyl sites for hydroxylation is 1. The van der Waals surface area contributed by atoms with Gasteiger partial charge >= 0.3 is 5.97 Å². The Labute approximate surface area is 133 Å². The molecule has 0 aliphatic carbocycles. The van der Waals surface area contributed by atoms with Gasteiger partial charge in [0.15, 0.2) is 0 Å². The highest BCUT2D eigenvalue weighted by Gasteiger charge is 2.26. The monoisotopic (exact) mass is 340 g/mol. The predicted octanol–water partition coefficient (Wildman–Crippen LogP) is 1.77. The van der Waals surface area contributed by atoms with Gasteiger partial charge in [-0.3, -0.25) is 9.78 Å². The van der Waals surface area contributed by atoms with Crippen molar-refractivity contribution in [1.29, 1.82) is 0 Å². The molecule has 0 amide bonds. The number of aliphatic carboxylic acids is 1. The number of carboxylic acids is 1. The van der Waals surface area contributed by atoms with E-state index in [9.17, 15) is 13.2 Å². The van der Waals surface area contributed by atoms with E-state index < -0.39 is 22.5 Å². The van der Waals surface area contributed by atoms with Crippen LogP contribution in [-0.4, -0.2) is 41.9 Å². The molecule has 8 heteroatoms. The highest BCUT2D eigenvalue weighted by atomic mass is 32.2. The zero-order valence-corrected chi connectivity index (χ0v) is 13.6. The Bertz CT molecular complexity index is 742. The predicted molar refractivity (Wildman–Crippen MR) is 83.4 cm³/mol. The summed E-state index contributed by atoms with van der Waals surface area (Å²) in [5.74, 6) is -1.18. The molecular formula is C14H16N2O4S2. The molecule has 2 heterocycles. The zero-order chi connectivity index (χ0) is 16.2. The summed E-state index contributed by atoms with van der Waals surface area (Å²) in [6.45, 7) is 1.28. The smallest absolute Gasteiger partial charge is 0.318 e. The summed E-state index contributed by atoms with van der Waals surface area (Å²) in [7, 11) is -3.88. The highest BCUT2D eigenvalue weighted by molar-refractivity contribution is 7.89. The van der Waals surface area contributed by atoms with Gasteiger partial charge in [-0.15, -0.1) is 11.3 Å². The van der Waals surface area contributed by atoms with Crippen LogP contribution in [0.15, 0.2) is 40.9 Å². The minimum absolute atomic E-state index is 0.0138. The van der Waals surface area contributed by atoms with Crippen LogP contribution in [0, 0.1) is 6.92 Å². The van der Waals surface area contributed by atoms with Crippen LogP contribution in [0.1, 0.15) is 10.4 Å². The Kier molecular flexibility index (Phi) is 5.28. The second kappa shape index (κ2) is 6.99. The molecule has 118 valence electrons. The molecule has 0 saturated carbocycles. The van der Waals surface area contributed by atoms with Crippen LogP contribution >= 0.6 is 11.3 Å². The third-order valence-electron chi connectivity index (χ3n) is 2.99. The molecule has 0 saturated heterocycles. The van der Waals surface area contributed by atoms with E-state index in [2.05, 4.69) is 4.98 Å². The second-order valence-corrected chi connectivity index (χ2v) is 7.73. The van der Waals surface area contributed by atoms with Crippen molar-refractivity contribution in [2.24, 2.45) is 0 Å². The molecule has 0 bridgehead atoms. The number of rotatable bonds is 7. The highest BCUT2D eigenvalue weighted by Crippen LogP contribution is 2.17. The number of hydrogen-bond acceptors (Lipinski definition) is 5. The molecule has 2 aromatic rings. The van der Waals surface area contributed by atoms with Crippen LogP contribution in [0.5, 0.6) is 0 Å². The molecule has 0 aliphatic heterocycles. The van der Waals surface area contributed by atoms with Crippen molar-refractivity contribution < 1.29 is 18.3 Å². The lowest BCUT2D eigenvalue weighted by Gasteiger charge is -2.20. The normalized spacial score (nSPS) is 11.7. The van der Waals surface area contributed by atoms with E-state index in [1.165, 1.54) is 23.6 Å². The number of thiophene rings is 1. The molecule has 2 aromatic heterocycles. The van der Waals surface area contributed by atoms with E-state index in [1.807, 2.05) is 17.5 Å². The van der Waals surface area contributed by atoms with E-state index in [1.54, 1.807) is 13.1 Å². The Balaban J connectivity index is 2.24. The third kappa shape index (κ3) is 4.12. The van der Waals surface area contributed by atoms with Gasteiger partial charge in [0.2, 0.25) is 10.0 Å². The van der Waals surface area contributed by atoms with Crippen LogP contribution < -0.4 is 0 Å². The lowest BCUT2D eigenvalue weighted by atomic mass is 10.3. The molecule has 0 aromatic carbocycles. The third-order valence-corrected chi connectivity index (χ3v) is 5.73. The first-order valence-electron chi connectivity index (χ1n) is 6.55. The number of pyridine rings is 1. The Morgan fingerprint density at radius 1 is 1.41 bits per heavy atom. The minimum Gasteiger partial charge on any atom is -0.480 e. The Hall–Kier alpha value is -1.77. The molecule has 2 rings (SSSR count). The average molecular weight is 340 g/mol. The van der Waals surface area contributed by atoms with Crippen LogP contribution in [-0.2, 0) is 21.2 Å². The molecule has 1 N–H and O–H groups in total. The maximum absolute atomic E-state index is 12.6. The molecule has 0 unspecified atom stereocenters. The van der Waals surface area contributed by atoms with Crippen molar-refractivity contribution in [3.05, 3.63) is 46.4 Å². The summed E-state index contributed by atoms with van der Waals surface area (Å²) in [6, 6.07) is 5.26. The number of carbonyl (C=O) groups is 1. The maximum atomic E-state index is 12.6. The van der Waals surface area contributed by atoms with Gasteiger partial charge in [0.25, 0.3) is 0 Å². The van der Waals surface area contributed by atoms with E-state index in [4.69, 9.17) is 5.11 Å². The van der Waals surface area contributed by atoms with E-state index in [0.29, 0.717) is 12.0 Å². The van der Waals surface area contributed by atoms with Crippen LogP contribution in [0.4, 0.5) is 0 Å². The molecule has 0 atom stereocenters. The number of carboxylic acid groups (broad SMARTS) is 1. The van der Waals surface area contributed by atoms with E-state index >= 15 is 0 Å². The summed E-state index contributed by atoms with van der Waals surface area (Å²) < 4.78 is 26.2. The minimum atomic E-state index is -3.88. The van der Waals surface area contributed by atoms with Crippen LogP contribution in [0.25, 0.3) is 0 Å². The van der Waals surface area contributed by atoms with Crippen molar-refractivity contribution in [3.63, 3.8) is 0 Å². The molecule has 6 nitrogen and oxygen atoms in total. The molecule has 0 fully saturated rings. The van der Waals surface area contributed by atoms with Gasteiger partial charge in [-0.05, 0) is 36.4 Å². The van der Waals surface area contributed by atoms with Crippen molar-refractivity contribution in [2.45, 2.75) is 18.2 Å². The topological polar surface area (TPSA) is 87.6 Å². The lowest BCUT2D eigenvalue weighted by molar-refractivity contribution is -0.137. The largest absolute Gasteiger partial charge is 0.480 e. The summed E-state index contributed by atoms with van der Waals surface area (Å²) in [6.07, 6.45) is 3.26. The van der Waals surface area contributed by atoms with E-state index in [-0.39, 0.29) is 11.4 Å². The molecule has 22 heavy (non-hydrogen) atoms. The van der Waals surface area contributed by atoms with Gasteiger partial charge in [0.1, 0.15) is 11.4 Å². The van der Waals surface area contributed by atoms with Crippen LogP contribution in [0.3, 0.4) is 0 Å². The van der Waals surface area contributed by atoms with Crippen LogP contribution in [0.2, 0.25) is 0 Å². The lowest BCUT2D eigenvalue weighted by Crippen LogP contribution is -2.37. The fraction of sp³-hybridized carbons (Fsp3) is 0.286. The van der Waals surface area contributed by atoms with Crippen molar-refractivity contribution in [1.82, 2.24) is 9.29 Å². The van der Waals surface area contributed by atoms with Crippen molar-refractivity contribution >= 4 is 27.3 Å². The first-order valence-corrected chi connectivity index (χ1v) is 8.87. The maximum Gasteiger partial charge on any atom is 0.318 e. The fourth-order valence-corrected chi connectivity index (χ4v) is 4.08. The quantitative estimate of drug-likeness (QED) is 0.830. The number of sulfonamides is 1. The standard InChI is InChI=1S/C14H16N2O4S2/c1-11-7-13(9-15-8-11)22(19,20)16(10-14(17)18)5-4-12-3-2-6-21-12/h2-3,6-9H,4-5,10H2,1H3,(H,17,18). The molecular weight excluding hydrogens is 324 g/mol. The van der Waals surface area contributed by atoms with Gasteiger partial charge in [-0.25, -0.2) is 8.42 Å². The van der Waals surface area contributed by atoms with Gasteiger partial charge < -0.3 is 5.11 Å². The van der Waals surface area contributed by atoms with Gasteiger partial charge in [-0.2, -0.15) is 4.31 Å². The number of hydrogen-bond donors (Lipinski definition) is 1.